The van der Waals surface area contributed by atoms with Crippen LogP contribution in [-0.2, 0) is 4.79 Å². The van der Waals surface area contributed by atoms with Crippen LogP contribution in [-0.4, -0.2) is 11.7 Å². The molecule has 78 valence electrons. The van der Waals surface area contributed by atoms with Crippen molar-refractivity contribution in [2.75, 3.05) is 0 Å². The van der Waals surface area contributed by atoms with Crippen molar-refractivity contribution in [3.05, 3.63) is 65.8 Å². The van der Waals surface area contributed by atoms with Gasteiger partial charge < -0.3 is 0 Å². The van der Waals surface area contributed by atoms with Crippen molar-refractivity contribution >= 4 is 11.7 Å². The monoisotopic (exact) mass is 210 g/mol. The molecule has 0 N–H and O–H groups in total. The van der Waals surface area contributed by atoms with Crippen molar-refractivity contribution in [1.82, 2.24) is 0 Å². The SMILES string of the molecule is O=C=C1C=CC=CC1C(=O)c1ccccc1. The van der Waals surface area contributed by atoms with E-state index in [-0.39, 0.29) is 5.78 Å². The molecule has 1 aliphatic rings. The topological polar surface area (TPSA) is 34.1 Å². The maximum atomic E-state index is 12.1. The van der Waals surface area contributed by atoms with E-state index in [9.17, 15) is 9.59 Å². The Hall–Kier alpha value is -2.18. The van der Waals surface area contributed by atoms with Crippen LogP contribution in [0.15, 0.2) is 60.2 Å². The highest BCUT2D eigenvalue weighted by atomic mass is 16.1. The molecule has 2 heteroatoms. The minimum Gasteiger partial charge on any atom is -0.293 e. The average Bonchev–Trinajstić information content (AvgIpc) is 2.39. The number of carbonyl (C=O) groups excluding carboxylic acids is 2. The summed E-state index contributed by atoms with van der Waals surface area (Å²) in [4.78, 5) is 22.8. The number of hydrogen-bond donors (Lipinski definition) is 0. The third-order valence-electron chi connectivity index (χ3n) is 2.48. The normalized spacial score (nSPS) is 18.2. The molecular weight excluding hydrogens is 200 g/mol. The van der Waals surface area contributed by atoms with E-state index in [1.165, 1.54) is 0 Å². The molecule has 0 heterocycles. The van der Waals surface area contributed by atoms with Gasteiger partial charge in [0, 0.05) is 5.56 Å². The second-order valence-electron chi connectivity index (χ2n) is 3.51. The zero-order valence-electron chi connectivity index (χ0n) is 8.59. The largest absolute Gasteiger partial charge is 0.293 e. The van der Waals surface area contributed by atoms with E-state index >= 15 is 0 Å². The maximum Gasteiger partial charge on any atom is 0.174 e. The molecule has 0 radical (unpaired) electrons. The fraction of sp³-hybridized carbons (Fsp3) is 0.0714. The van der Waals surface area contributed by atoms with E-state index in [1.807, 2.05) is 12.0 Å². The molecule has 2 rings (SSSR count). The van der Waals surface area contributed by atoms with Crippen LogP contribution in [0.3, 0.4) is 0 Å². The number of hydrogen-bond acceptors (Lipinski definition) is 2. The van der Waals surface area contributed by atoms with Gasteiger partial charge in [-0.15, -0.1) is 0 Å². The summed E-state index contributed by atoms with van der Waals surface area (Å²) in [5.74, 6) is 1.25. The molecule has 0 amide bonds. The second kappa shape index (κ2) is 4.56. The molecule has 0 aromatic heterocycles. The molecule has 1 aromatic rings. The predicted octanol–water partition coefficient (Wildman–Crippen LogP) is 2.37. The molecule has 0 aliphatic heterocycles. The van der Waals surface area contributed by atoms with Gasteiger partial charge in [-0.05, 0) is 6.08 Å². The highest BCUT2D eigenvalue weighted by Gasteiger charge is 2.22. The van der Waals surface area contributed by atoms with Crippen LogP contribution in [0.1, 0.15) is 10.4 Å². The minimum absolute atomic E-state index is 0.0699. The van der Waals surface area contributed by atoms with Crippen molar-refractivity contribution in [2.45, 2.75) is 0 Å². The van der Waals surface area contributed by atoms with Crippen LogP contribution in [0.2, 0.25) is 0 Å². The van der Waals surface area contributed by atoms with Gasteiger partial charge in [-0.25, -0.2) is 4.79 Å². The predicted molar refractivity (Wildman–Crippen MR) is 61.7 cm³/mol. The molecule has 0 bridgehead atoms. The third kappa shape index (κ3) is 1.92. The quantitative estimate of drug-likeness (QED) is 0.554. The zero-order valence-corrected chi connectivity index (χ0v) is 8.59. The Bertz CT molecular complexity index is 503. The van der Waals surface area contributed by atoms with Crippen LogP contribution in [0.5, 0.6) is 0 Å². The van der Waals surface area contributed by atoms with Crippen LogP contribution in [0.25, 0.3) is 0 Å². The summed E-state index contributed by atoms with van der Waals surface area (Å²) in [7, 11) is 0. The first-order valence-electron chi connectivity index (χ1n) is 5.02. The molecule has 2 nitrogen and oxygen atoms in total. The summed E-state index contributed by atoms with van der Waals surface area (Å²) in [6.07, 6.45) is 6.84. The molecule has 1 aliphatic carbocycles. The Morgan fingerprint density at radius 1 is 1.12 bits per heavy atom. The summed E-state index contributed by atoms with van der Waals surface area (Å²) in [5.41, 5.74) is 0.997. The van der Waals surface area contributed by atoms with E-state index in [0.29, 0.717) is 11.1 Å². The first kappa shape index (κ1) is 10.3. The first-order chi connectivity index (χ1) is 7.83. The van der Waals surface area contributed by atoms with Gasteiger partial charge in [0.15, 0.2) is 5.78 Å². The number of ketones is 1. The van der Waals surface area contributed by atoms with E-state index in [1.54, 1.807) is 48.6 Å². The van der Waals surface area contributed by atoms with Crippen molar-refractivity contribution in [3.8, 4) is 0 Å². The lowest BCUT2D eigenvalue weighted by Crippen LogP contribution is -2.15. The van der Waals surface area contributed by atoms with Gasteiger partial charge in [-0.2, -0.15) is 0 Å². The molecule has 0 spiro atoms. The molecule has 0 saturated carbocycles. The van der Waals surface area contributed by atoms with E-state index in [0.717, 1.165) is 0 Å². The Morgan fingerprint density at radius 2 is 1.88 bits per heavy atom. The molecule has 0 fully saturated rings. The van der Waals surface area contributed by atoms with Gasteiger partial charge >= 0.3 is 0 Å². The van der Waals surface area contributed by atoms with Gasteiger partial charge in [-0.3, -0.25) is 4.79 Å². The van der Waals surface area contributed by atoms with Crippen LogP contribution < -0.4 is 0 Å². The van der Waals surface area contributed by atoms with Gasteiger partial charge in [0.05, 0.1) is 11.5 Å². The molecular formula is C14H10O2. The van der Waals surface area contributed by atoms with Gasteiger partial charge in [0.1, 0.15) is 5.94 Å². The summed E-state index contributed by atoms with van der Waals surface area (Å²) in [5, 5.41) is 0. The van der Waals surface area contributed by atoms with E-state index in [2.05, 4.69) is 0 Å². The first-order valence-corrected chi connectivity index (χ1v) is 5.02. The fourth-order valence-electron chi connectivity index (χ4n) is 1.65. The van der Waals surface area contributed by atoms with Gasteiger partial charge in [0.25, 0.3) is 0 Å². The average molecular weight is 210 g/mol. The molecule has 16 heavy (non-hydrogen) atoms. The number of rotatable bonds is 2. The lowest BCUT2D eigenvalue weighted by molar-refractivity contribution is 0.0962. The van der Waals surface area contributed by atoms with E-state index < -0.39 is 5.92 Å². The van der Waals surface area contributed by atoms with Crippen molar-refractivity contribution in [1.29, 1.82) is 0 Å². The minimum atomic E-state index is -0.495. The summed E-state index contributed by atoms with van der Waals surface area (Å²) in [6, 6.07) is 8.96. The number of carbonyl (C=O) groups is 1. The van der Waals surface area contributed by atoms with Crippen molar-refractivity contribution < 1.29 is 9.59 Å². The Balaban J connectivity index is 2.33. The fourth-order valence-corrected chi connectivity index (χ4v) is 1.65. The number of benzene rings is 1. The Morgan fingerprint density at radius 3 is 2.56 bits per heavy atom. The van der Waals surface area contributed by atoms with Crippen molar-refractivity contribution in [3.63, 3.8) is 0 Å². The second-order valence-corrected chi connectivity index (χ2v) is 3.51. The molecule has 0 saturated heterocycles. The lowest BCUT2D eigenvalue weighted by Gasteiger charge is -2.12. The number of Topliss-reactive ketones (excluding diaryl/α,β-unsaturated/α-hetero) is 1. The van der Waals surface area contributed by atoms with Gasteiger partial charge in [-0.1, -0.05) is 48.6 Å². The zero-order chi connectivity index (χ0) is 11.4. The summed E-state index contributed by atoms with van der Waals surface area (Å²) < 4.78 is 0. The maximum absolute atomic E-state index is 12.1. The van der Waals surface area contributed by atoms with Crippen molar-refractivity contribution in [2.24, 2.45) is 5.92 Å². The summed E-state index contributed by atoms with van der Waals surface area (Å²) in [6.45, 7) is 0. The third-order valence-corrected chi connectivity index (χ3v) is 2.48. The van der Waals surface area contributed by atoms with Crippen LogP contribution in [0, 0.1) is 5.92 Å². The molecule has 1 unspecified atom stereocenters. The summed E-state index contributed by atoms with van der Waals surface area (Å²) >= 11 is 0. The Kier molecular flexibility index (Phi) is 2.95. The molecule has 1 aromatic carbocycles. The van der Waals surface area contributed by atoms with Gasteiger partial charge in [0.2, 0.25) is 0 Å². The van der Waals surface area contributed by atoms with Crippen LogP contribution in [0.4, 0.5) is 0 Å². The van der Waals surface area contributed by atoms with E-state index in [4.69, 9.17) is 0 Å². The highest BCUT2D eigenvalue weighted by molar-refractivity contribution is 6.02. The standard InChI is InChI=1S/C14H10O2/c15-10-12-8-4-5-9-13(12)14(16)11-6-2-1-3-7-11/h1-9,13H. The number of allylic oxidation sites excluding steroid dienone is 5. The molecule has 1 atom stereocenters. The lowest BCUT2D eigenvalue weighted by atomic mass is 9.88. The highest BCUT2D eigenvalue weighted by Crippen LogP contribution is 2.21. The Labute approximate surface area is 93.6 Å². The van der Waals surface area contributed by atoms with Crippen LogP contribution >= 0.6 is 0 Å². The smallest absolute Gasteiger partial charge is 0.174 e.